The van der Waals surface area contributed by atoms with Crippen LogP contribution in [0.4, 0.5) is 0 Å². The van der Waals surface area contributed by atoms with Gasteiger partial charge in [-0.05, 0) is 64.5 Å². The second-order valence-electron chi connectivity index (χ2n) is 10.1. The highest BCUT2D eigenvalue weighted by atomic mass is 16.2. The lowest BCUT2D eigenvalue weighted by Crippen LogP contribution is -2.28. The Balaban J connectivity index is 0.000000267. The fraction of sp³-hybridized carbons (Fsp3) is 0.600. The van der Waals surface area contributed by atoms with E-state index in [0.717, 1.165) is 37.7 Å². The van der Waals surface area contributed by atoms with Crippen molar-refractivity contribution in [3.8, 4) is 0 Å². The number of carbonyl (C=O) groups is 8. The third kappa shape index (κ3) is 12.9. The van der Waals surface area contributed by atoms with Gasteiger partial charge in [-0.3, -0.25) is 33.6 Å². The number of ketones is 8. The number of allylic oxidation sites excluding steroid dienone is 3. The standard InChI is InChI=1S/C10H14O3.C10H12O2.C6H8O2.C4H6O/c1-7(11)5-6-8-9(12)3-2-4-10(8)13;11-8-4-5-9-7(6-8)2-1-3-10(9)12;7-5-2-1-3-6(8)4-5;1-3-4(2)5/h8H,2-6H2,1H3;6,9H,1-5H2;1-4H2;3H,1H2,2H3. The van der Waals surface area contributed by atoms with Crippen molar-refractivity contribution in [3.63, 3.8) is 0 Å². The van der Waals surface area contributed by atoms with E-state index in [4.69, 9.17) is 0 Å². The van der Waals surface area contributed by atoms with Gasteiger partial charge in [-0.1, -0.05) is 12.2 Å². The van der Waals surface area contributed by atoms with Gasteiger partial charge in [0.2, 0.25) is 0 Å². The predicted molar refractivity (Wildman–Crippen MR) is 141 cm³/mol. The molecule has 4 aliphatic carbocycles. The van der Waals surface area contributed by atoms with E-state index >= 15 is 0 Å². The van der Waals surface area contributed by atoms with Crippen LogP contribution < -0.4 is 0 Å². The number of hydrogen-bond donors (Lipinski definition) is 0. The van der Waals surface area contributed by atoms with Crippen LogP contribution in [0, 0.1) is 11.8 Å². The lowest BCUT2D eigenvalue weighted by atomic mass is 9.77. The van der Waals surface area contributed by atoms with E-state index in [1.165, 1.54) is 19.9 Å². The SMILES string of the molecule is C=CC(C)=O.CC(=O)CCC1C(=O)CCCC1=O.O=C1C=C2CCCC(=O)C2CC1.O=C1CCCC(=O)C1. The van der Waals surface area contributed by atoms with Gasteiger partial charge in [-0.25, -0.2) is 0 Å². The van der Waals surface area contributed by atoms with Gasteiger partial charge in [0.15, 0.2) is 11.6 Å². The maximum atomic E-state index is 11.4. The van der Waals surface area contributed by atoms with E-state index in [9.17, 15) is 38.4 Å². The molecule has 0 radical (unpaired) electrons. The third-order valence-electron chi connectivity index (χ3n) is 6.75. The fourth-order valence-corrected chi connectivity index (χ4v) is 4.62. The summed E-state index contributed by atoms with van der Waals surface area (Å²) in [4.78, 5) is 86.3. The molecule has 0 heterocycles. The normalized spacial score (nSPS) is 21.3. The van der Waals surface area contributed by atoms with Gasteiger partial charge in [0.25, 0.3) is 0 Å². The molecule has 0 amide bonds. The van der Waals surface area contributed by atoms with Crippen molar-refractivity contribution in [2.75, 3.05) is 0 Å². The molecule has 8 nitrogen and oxygen atoms in total. The molecule has 0 spiro atoms. The fourth-order valence-electron chi connectivity index (χ4n) is 4.62. The Bertz CT molecular complexity index is 954. The topological polar surface area (TPSA) is 137 Å². The van der Waals surface area contributed by atoms with E-state index in [1.807, 2.05) is 0 Å². The lowest BCUT2D eigenvalue weighted by Gasteiger charge is -2.26. The quantitative estimate of drug-likeness (QED) is 0.387. The van der Waals surface area contributed by atoms with Crippen LogP contribution in [0.1, 0.15) is 104 Å². The lowest BCUT2D eigenvalue weighted by molar-refractivity contribution is -0.136. The summed E-state index contributed by atoms with van der Waals surface area (Å²) in [5, 5.41) is 0. The van der Waals surface area contributed by atoms with E-state index < -0.39 is 5.92 Å². The molecule has 0 N–H and O–H groups in total. The smallest absolute Gasteiger partial charge is 0.155 e. The number of rotatable bonds is 4. The Kier molecular flexibility index (Phi) is 15.0. The molecule has 8 heteroatoms. The molecular weight excluding hydrogens is 488 g/mol. The summed E-state index contributed by atoms with van der Waals surface area (Å²) < 4.78 is 0. The zero-order chi connectivity index (χ0) is 28.7. The highest BCUT2D eigenvalue weighted by Gasteiger charge is 2.30. The Labute approximate surface area is 224 Å². The second-order valence-corrected chi connectivity index (χ2v) is 10.1. The first kappa shape index (κ1) is 32.9. The van der Waals surface area contributed by atoms with Gasteiger partial charge in [-0.2, -0.15) is 0 Å². The van der Waals surface area contributed by atoms with E-state index in [2.05, 4.69) is 6.58 Å². The van der Waals surface area contributed by atoms with E-state index in [1.54, 1.807) is 6.08 Å². The van der Waals surface area contributed by atoms with Crippen molar-refractivity contribution in [2.45, 2.75) is 104 Å². The monoisotopic (exact) mass is 528 g/mol. The van der Waals surface area contributed by atoms with Crippen molar-refractivity contribution >= 4 is 46.3 Å². The van der Waals surface area contributed by atoms with Crippen LogP contribution in [0.15, 0.2) is 24.3 Å². The van der Waals surface area contributed by atoms with Gasteiger partial charge in [-0.15, -0.1) is 0 Å². The molecule has 4 aliphatic rings. The van der Waals surface area contributed by atoms with Gasteiger partial charge < -0.3 is 4.79 Å². The Morgan fingerprint density at radius 2 is 1.29 bits per heavy atom. The molecule has 3 fully saturated rings. The molecule has 208 valence electrons. The van der Waals surface area contributed by atoms with Crippen molar-refractivity contribution in [1.29, 1.82) is 0 Å². The Morgan fingerprint density at radius 1 is 0.789 bits per heavy atom. The van der Waals surface area contributed by atoms with Crippen LogP contribution >= 0.6 is 0 Å². The first-order chi connectivity index (χ1) is 17.9. The van der Waals surface area contributed by atoms with E-state index in [-0.39, 0.29) is 52.8 Å². The Hall–Kier alpha value is -3.16. The minimum atomic E-state index is -0.474. The zero-order valence-electron chi connectivity index (χ0n) is 22.7. The molecule has 1 atom stereocenters. The minimum Gasteiger partial charge on any atom is -0.300 e. The summed E-state index contributed by atoms with van der Waals surface area (Å²) in [7, 11) is 0. The number of carbonyl (C=O) groups excluding carboxylic acids is 8. The number of fused-ring (bicyclic) bond motifs is 1. The molecule has 1 unspecified atom stereocenters. The molecule has 0 saturated heterocycles. The zero-order valence-corrected chi connectivity index (χ0v) is 22.7. The van der Waals surface area contributed by atoms with Crippen LogP contribution in [0.5, 0.6) is 0 Å². The van der Waals surface area contributed by atoms with Crippen molar-refractivity contribution < 1.29 is 38.4 Å². The molecule has 0 aliphatic heterocycles. The summed E-state index contributed by atoms with van der Waals surface area (Å²) in [5.74, 6) is 0.527. The second kappa shape index (κ2) is 17.4. The molecule has 3 saturated carbocycles. The minimum absolute atomic E-state index is 0.0185. The van der Waals surface area contributed by atoms with Crippen LogP contribution in [-0.2, 0) is 38.4 Å². The summed E-state index contributed by atoms with van der Waals surface area (Å²) in [6.45, 7) is 6.16. The molecule has 0 aromatic rings. The van der Waals surface area contributed by atoms with Crippen LogP contribution in [-0.4, -0.2) is 46.3 Å². The molecule has 0 aromatic carbocycles. The maximum absolute atomic E-state index is 11.4. The van der Waals surface area contributed by atoms with Crippen LogP contribution in [0.25, 0.3) is 0 Å². The Morgan fingerprint density at radius 3 is 1.76 bits per heavy atom. The molecule has 4 rings (SSSR count). The van der Waals surface area contributed by atoms with Crippen molar-refractivity contribution in [3.05, 3.63) is 24.3 Å². The molecular formula is C30H40O8. The third-order valence-corrected chi connectivity index (χ3v) is 6.75. The summed E-state index contributed by atoms with van der Waals surface area (Å²) in [6, 6.07) is 0. The van der Waals surface area contributed by atoms with Gasteiger partial charge >= 0.3 is 0 Å². The maximum Gasteiger partial charge on any atom is 0.155 e. The summed E-state index contributed by atoms with van der Waals surface area (Å²) >= 11 is 0. The average Bonchev–Trinajstić information content (AvgIpc) is 2.84. The highest BCUT2D eigenvalue weighted by molar-refractivity contribution is 6.04. The van der Waals surface area contributed by atoms with Crippen LogP contribution in [0.2, 0.25) is 0 Å². The van der Waals surface area contributed by atoms with Gasteiger partial charge in [0.1, 0.15) is 34.7 Å². The van der Waals surface area contributed by atoms with E-state index in [0.29, 0.717) is 57.1 Å². The highest BCUT2D eigenvalue weighted by Crippen LogP contribution is 2.33. The molecule has 0 bridgehead atoms. The van der Waals surface area contributed by atoms with Crippen LogP contribution in [0.3, 0.4) is 0 Å². The van der Waals surface area contributed by atoms with Crippen molar-refractivity contribution in [1.82, 2.24) is 0 Å². The average molecular weight is 529 g/mol. The number of hydrogen-bond acceptors (Lipinski definition) is 8. The summed E-state index contributed by atoms with van der Waals surface area (Å²) in [5.41, 5.74) is 1.10. The largest absolute Gasteiger partial charge is 0.300 e. The first-order valence-electron chi connectivity index (χ1n) is 13.4. The predicted octanol–water partition coefficient (Wildman–Crippen LogP) is 4.40. The molecule has 38 heavy (non-hydrogen) atoms. The van der Waals surface area contributed by atoms with Crippen molar-refractivity contribution in [2.24, 2.45) is 11.8 Å². The molecule has 0 aromatic heterocycles. The first-order valence-corrected chi connectivity index (χ1v) is 13.4. The van der Waals surface area contributed by atoms with Gasteiger partial charge in [0, 0.05) is 50.9 Å². The summed E-state index contributed by atoms with van der Waals surface area (Å²) in [6.07, 6.45) is 11.6. The van der Waals surface area contributed by atoms with Gasteiger partial charge in [0.05, 0.1) is 12.3 Å². The number of Topliss-reactive ketones (excluding diaryl/α,β-unsaturated/α-hetero) is 6.